The van der Waals surface area contributed by atoms with Gasteiger partial charge < -0.3 is 15.7 Å². The minimum atomic E-state index is -0.942. The van der Waals surface area contributed by atoms with Crippen molar-refractivity contribution < 1.29 is 14.7 Å². The summed E-state index contributed by atoms with van der Waals surface area (Å²) in [5, 5.41) is 14.0. The average molecular weight is 335 g/mol. The molecule has 0 atom stereocenters. The van der Waals surface area contributed by atoms with Gasteiger partial charge in [-0.15, -0.1) is 11.3 Å². The zero-order valence-corrected chi connectivity index (χ0v) is 12.5. The quantitative estimate of drug-likeness (QED) is 0.774. The number of carboxylic acids is 1. The third-order valence-electron chi connectivity index (χ3n) is 2.10. The van der Waals surface area contributed by atoms with Gasteiger partial charge in [0.25, 0.3) is 0 Å². The Morgan fingerprint density at radius 1 is 1.44 bits per heavy atom. The molecule has 100 valence electrons. The van der Waals surface area contributed by atoms with Crippen LogP contribution < -0.4 is 10.6 Å². The molecule has 0 saturated carbocycles. The first-order valence-corrected chi connectivity index (χ1v) is 6.91. The molecule has 1 aromatic heterocycles. The highest BCUT2D eigenvalue weighted by molar-refractivity contribution is 9.11. The number of hydrogen-bond acceptors (Lipinski definition) is 3. The fourth-order valence-corrected chi connectivity index (χ4v) is 2.81. The smallest absolute Gasteiger partial charge is 0.315 e. The number of thiophene rings is 1. The van der Waals surface area contributed by atoms with Crippen molar-refractivity contribution in [3.63, 3.8) is 0 Å². The van der Waals surface area contributed by atoms with Crippen molar-refractivity contribution >= 4 is 39.3 Å². The first-order chi connectivity index (χ1) is 8.28. The van der Waals surface area contributed by atoms with Crippen LogP contribution in [-0.2, 0) is 11.3 Å². The molecule has 1 aromatic rings. The maximum absolute atomic E-state index is 11.6. The number of halogens is 1. The number of aliphatic carboxylic acids is 1. The topological polar surface area (TPSA) is 78.4 Å². The van der Waals surface area contributed by atoms with E-state index in [-0.39, 0.29) is 12.5 Å². The van der Waals surface area contributed by atoms with Gasteiger partial charge in [-0.1, -0.05) is 0 Å². The molecular formula is C11H15BrN2O3S. The normalized spacial score (nSPS) is 11.1. The average Bonchev–Trinajstić information content (AvgIpc) is 2.58. The highest BCUT2D eigenvalue weighted by Crippen LogP contribution is 2.21. The van der Waals surface area contributed by atoms with Gasteiger partial charge in [-0.25, -0.2) is 4.79 Å². The van der Waals surface area contributed by atoms with Crippen LogP contribution in [0.25, 0.3) is 0 Å². The molecule has 0 aliphatic heterocycles. The number of urea groups is 1. The second-order valence-electron chi connectivity index (χ2n) is 4.47. The predicted octanol–water partition coefficient (Wildman–Crippen LogP) is 2.56. The first kappa shape index (κ1) is 15.0. The molecule has 2 amide bonds. The molecule has 7 heteroatoms. The lowest BCUT2D eigenvalue weighted by atomic mass is 10.0. The summed E-state index contributed by atoms with van der Waals surface area (Å²) in [6.45, 7) is 3.76. The van der Waals surface area contributed by atoms with Gasteiger partial charge in [0.1, 0.15) is 0 Å². The van der Waals surface area contributed by atoms with Crippen molar-refractivity contribution in [2.45, 2.75) is 32.4 Å². The van der Waals surface area contributed by atoms with Crippen molar-refractivity contribution in [2.24, 2.45) is 0 Å². The Kier molecular flexibility index (Phi) is 5.15. The number of carbonyl (C=O) groups excluding carboxylic acids is 1. The van der Waals surface area contributed by atoms with Crippen molar-refractivity contribution in [2.75, 3.05) is 0 Å². The Hall–Kier alpha value is -1.08. The molecule has 18 heavy (non-hydrogen) atoms. The van der Waals surface area contributed by atoms with E-state index < -0.39 is 11.5 Å². The molecule has 0 fully saturated rings. The van der Waals surface area contributed by atoms with Gasteiger partial charge in [0, 0.05) is 10.4 Å². The largest absolute Gasteiger partial charge is 0.481 e. The van der Waals surface area contributed by atoms with Crippen LogP contribution in [0, 0.1) is 0 Å². The van der Waals surface area contributed by atoms with E-state index in [1.165, 1.54) is 11.3 Å². The van der Waals surface area contributed by atoms with E-state index in [0.717, 1.165) is 8.66 Å². The molecule has 0 unspecified atom stereocenters. The molecule has 0 aliphatic rings. The summed E-state index contributed by atoms with van der Waals surface area (Å²) >= 11 is 4.88. The molecule has 0 bridgehead atoms. The number of carboxylic acid groups (broad SMARTS) is 1. The molecule has 1 heterocycles. The molecule has 5 nitrogen and oxygen atoms in total. The van der Waals surface area contributed by atoms with Crippen molar-refractivity contribution in [3.8, 4) is 0 Å². The van der Waals surface area contributed by atoms with Crippen LogP contribution in [0.2, 0.25) is 0 Å². The van der Waals surface area contributed by atoms with Crippen LogP contribution in [0.15, 0.2) is 15.9 Å². The van der Waals surface area contributed by atoms with Crippen molar-refractivity contribution in [3.05, 3.63) is 20.8 Å². The summed E-state index contributed by atoms with van der Waals surface area (Å²) in [6, 6.07) is 3.46. The Morgan fingerprint density at radius 2 is 2.11 bits per heavy atom. The van der Waals surface area contributed by atoms with Crippen LogP contribution in [0.3, 0.4) is 0 Å². The minimum absolute atomic E-state index is 0.120. The fourth-order valence-electron chi connectivity index (χ4n) is 1.39. The van der Waals surface area contributed by atoms with Crippen LogP contribution in [0.5, 0.6) is 0 Å². The fraction of sp³-hybridized carbons (Fsp3) is 0.455. The molecule has 1 rings (SSSR count). The summed E-state index contributed by atoms with van der Waals surface area (Å²) in [5.74, 6) is -0.942. The first-order valence-electron chi connectivity index (χ1n) is 5.30. The lowest BCUT2D eigenvalue weighted by molar-refractivity contribution is -0.138. The molecule has 0 aromatic carbocycles. The second kappa shape index (κ2) is 6.19. The molecule has 0 saturated heterocycles. The molecule has 0 radical (unpaired) electrons. The third kappa shape index (κ3) is 5.50. The zero-order valence-electron chi connectivity index (χ0n) is 10.1. The number of nitrogens with one attached hydrogen (secondary N) is 2. The predicted molar refractivity (Wildman–Crippen MR) is 73.7 cm³/mol. The number of hydrogen-bond donors (Lipinski definition) is 3. The van der Waals surface area contributed by atoms with Crippen LogP contribution >= 0.6 is 27.3 Å². The maximum Gasteiger partial charge on any atom is 0.315 e. The summed E-state index contributed by atoms with van der Waals surface area (Å²) in [6.07, 6.45) is -0.120. The van der Waals surface area contributed by atoms with E-state index in [4.69, 9.17) is 5.11 Å². The lowest BCUT2D eigenvalue weighted by Gasteiger charge is -2.24. The van der Waals surface area contributed by atoms with Gasteiger partial charge in [-0.3, -0.25) is 4.79 Å². The molecule has 0 spiro atoms. The number of carbonyl (C=O) groups is 2. The Balaban J connectivity index is 2.39. The highest BCUT2D eigenvalue weighted by atomic mass is 79.9. The van der Waals surface area contributed by atoms with Crippen molar-refractivity contribution in [1.82, 2.24) is 10.6 Å². The number of rotatable bonds is 5. The summed E-state index contributed by atoms with van der Waals surface area (Å²) < 4.78 is 1.01. The van der Waals surface area contributed by atoms with E-state index >= 15 is 0 Å². The van der Waals surface area contributed by atoms with E-state index in [1.54, 1.807) is 13.8 Å². The van der Waals surface area contributed by atoms with Crippen molar-refractivity contribution in [1.29, 1.82) is 0 Å². The zero-order chi connectivity index (χ0) is 13.8. The van der Waals surface area contributed by atoms with Gasteiger partial charge in [-0.2, -0.15) is 0 Å². The minimum Gasteiger partial charge on any atom is -0.481 e. The SMILES string of the molecule is CC(C)(CC(=O)O)NC(=O)NCc1ccc(Br)s1. The highest BCUT2D eigenvalue weighted by Gasteiger charge is 2.23. The van der Waals surface area contributed by atoms with E-state index in [2.05, 4.69) is 26.6 Å². The Bertz CT molecular complexity index is 445. The Morgan fingerprint density at radius 3 is 2.61 bits per heavy atom. The van der Waals surface area contributed by atoms with E-state index in [9.17, 15) is 9.59 Å². The standard InChI is InChI=1S/C11H15BrN2O3S/c1-11(2,5-9(15)16)14-10(17)13-6-7-3-4-8(12)18-7/h3-4H,5-6H2,1-2H3,(H,15,16)(H2,13,14,17). The van der Waals surface area contributed by atoms with E-state index in [0.29, 0.717) is 6.54 Å². The summed E-state index contributed by atoms with van der Waals surface area (Å²) in [4.78, 5) is 23.2. The van der Waals surface area contributed by atoms with Gasteiger partial charge in [0.2, 0.25) is 0 Å². The van der Waals surface area contributed by atoms with Gasteiger partial charge in [0.05, 0.1) is 16.8 Å². The Labute approximate surface area is 118 Å². The molecule has 0 aliphatic carbocycles. The number of amides is 2. The van der Waals surface area contributed by atoms with Gasteiger partial charge >= 0.3 is 12.0 Å². The molecule has 3 N–H and O–H groups in total. The van der Waals surface area contributed by atoms with Gasteiger partial charge in [-0.05, 0) is 41.9 Å². The van der Waals surface area contributed by atoms with Crippen LogP contribution in [-0.4, -0.2) is 22.6 Å². The van der Waals surface area contributed by atoms with Crippen LogP contribution in [0.4, 0.5) is 4.79 Å². The second-order valence-corrected chi connectivity index (χ2v) is 7.02. The maximum atomic E-state index is 11.6. The summed E-state index contributed by atoms with van der Waals surface area (Å²) in [7, 11) is 0. The summed E-state index contributed by atoms with van der Waals surface area (Å²) in [5.41, 5.74) is -0.772. The van der Waals surface area contributed by atoms with Crippen LogP contribution in [0.1, 0.15) is 25.1 Å². The molecular weight excluding hydrogens is 320 g/mol. The monoisotopic (exact) mass is 334 g/mol. The third-order valence-corrected chi connectivity index (χ3v) is 3.72. The van der Waals surface area contributed by atoms with E-state index in [1.807, 2.05) is 12.1 Å². The lowest BCUT2D eigenvalue weighted by Crippen LogP contribution is -2.49. The van der Waals surface area contributed by atoms with Gasteiger partial charge in [0.15, 0.2) is 0 Å².